The minimum absolute atomic E-state index is 0.0146. The Labute approximate surface area is 182 Å². The van der Waals surface area contributed by atoms with Crippen molar-refractivity contribution in [2.45, 2.75) is 24.7 Å². The number of hydrogen-bond donors (Lipinski definition) is 1. The Balaban J connectivity index is 1.96. The predicted octanol–water partition coefficient (Wildman–Crippen LogP) is 0.447. The van der Waals surface area contributed by atoms with E-state index in [1.807, 2.05) is 25.1 Å². The minimum Gasteiger partial charge on any atom is -0.491 e. The Morgan fingerprint density at radius 2 is 1.94 bits per heavy atom. The molecule has 0 bridgehead atoms. The van der Waals surface area contributed by atoms with Gasteiger partial charge in [-0.25, -0.2) is 9.78 Å². The monoisotopic (exact) mass is 448 g/mol. The van der Waals surface area contributed by atoms with Gasteiger partial charge < -0.3 is 19.1 Å². The summed E-state index contributed by atoms with van der Waals surface area (Å²) >= 11 is 1.06. The van der Waals surface area contributed by atoms with Gasteiger partial charge in [0.15, 0.2) is 16.3 Å². The maximum absolute atomic E-state index is 12.8. The first-order chi connectivity index (χ1) is 14.7. The van der Waals surface area contributed by atoms with Crippen molar-refractivity contribution in [1.29, 1.82) is 0 Å². The smallest absolute Gasteiger partial charge is 0.332 e. The van der Waals surface area contributed by atoms with Gasteiger partial charge in [-0.1, -0.05) is 30.0 Å². The largest absolute Gasteiger partial charge is 0.491 e. The predicted molar refractivity (Wildman–Crippen MR) is 116 cm³/mol. The van der Waals surface area contributed by atoms with Gasteiger partial charge in [0, 0.05) is 14.1 Å². The molecule has 0 unspecified atom stereocenters. The summed E-state index contributed by atoms with van der Waals surface area (Å²) in [6.07, 6.45) is -0.976. The summed E-state index contributed by atoms with van der Waals surface area (Å²) in [5.74, 6) is 0.147. The average molecular weight is 449 g/mol. The van der Waals surface area contributed by atoms with Crippen LogP contribution in [0.4, 0.5) is 0 Å². The van der Waals surface area contributed by atoms with E-state index in [9.17, 15) is 19.5 Å². The maximum Gasteiger partial charge on any atom is 0.332 e. The van der Waals surface area contributed by atoms with Gasteiger partial charge in [-0.05, 0) is 18.6 Å². The maximum atomic E-state index is 12.8. The highest BCUT2D eigenvalue weighted by atomic mass is 32.2. The lowest BCUT2D eigenvalue weighted by atomic mass is 10.2. The number of thioether (sulfide) groups is 1. The number of carbonyl (C=O) groups is 1. The molecule has 3 aromatic rings. The second-order valence-corrected chi connectivity index (χ2v) is 7.92. The zero-order valence-electron chi connectivity index (χ0n) is 17.7. The second-order valence-electron chi connectivity index (χ2n) is 6.98. The third-order valence-corrected chi connectivity index (χ3v) is 5.73. The number of hydrogen-bond acceptors (Lipinski definition) is 8. The van der Waals surface area contributed by atoms with Crippen LogP contribution < -0.4 is 16.0 Å². The molecule has 166 valence electrons. The van der Waals surface area contributed by atoms with Crippen LogP contribution in [0.5, 0.6) is 5.75 Å². The number of esters is 1. The highest BCUT2D eigenvalue weighted by Crippen LogP contribution is 2.23. The van der Waals surface area contributed by atoms with Crippen molar-refractivity contribution in [3.8, 4) is 5.75 Å². The van der Waals surface area contributed by atoms with Crippen LogP contribution in [-0.2, 0) is 30.2 Å². The van der Waals surface area contributed by atoms with Crippen molar-refractivity contribution < 1.29 is 19.4 Å². The topological polar surface area (TPSA) is 118 Å². The van der Waals surface area contributed by atoms with E-state index in [2.05, 4.69) is 9.72 Å². The zero-order valence-corrected chi connectivity index (χ0v) is 18.5. The fraction of sp³-hybridized carbons (Fsp3) is 0.400. The van der Waals surface area contributed by atoms with Crippen LogP contribution in [0.1, 0.15) is 5.56 Å². The highest BCUT2D eigenvalue weighted by molar-refractivity contribution is 7.99. The van der Waals surface area contributed by atoms with Crippen molar-refractivity contribution in [2.75, 3.05) is 19.5 Å². The third-order valence-electron chi connectivity index (χ3n) is 4.78. The van der Waals surface area contributed by atoms with E-state index in [0.717, 1.165) is 21.9 Å². The minimum atomic E-state index is -0.976. The SMILES string of the molecule is COC(=O)CSc1nc2c(c(=O)n(C)c(=O)n2C)n1C[C@@H](O)COc1ccccc1C. The number of nitrogens with zero attached hydrogens (tertiary/aromatic N) is 4. The number of aliphatic hydroxyl groups is 1. The number of ether oxygens (including phenoxy) is 2. The number of benzene rings is 1. The van der Waals surface area contributed by atoms with Crippen LogP contribution in [0, 0.1) is 6.92 Å². The van der Waals surface area contributed by atoms with Gasteiger partial charge >= 0.3 is 11.7 Å². The fourth-order valence-corrected chi connectivity index (χ4v) is 3.89. The molecule has 0 saturated heterocycles. The molecule has 2 aromatic heterocycles. The average Bonchev–Trinajstić information content (AvgIpc) is 3.12. The summed E-state index contributed by atoms with van der Waals surface area (Å²) in [7, 11) is 4.16. The molecule has 0 saturated carbocycles. The molecule has 11 heteroatoms. The van der Waals surface area contributed by atoms with Crippen molar-refractivity contribution in [3.05, 3.63) is 50.7 Å². The molecule has 1 N–H and O–H groups in total. The van der Waals surface area contributed by atoms with Crippen molar-refractivity contribution in [1.82, 2.24) is 18.7 Å². The molecular weight excluding hydrogens is 424 g/mol. The molecule has 0 aliphatic heterocycles. The molecule has 1 aromatic carbocycles. The quantitative estimate of drug-likeness (QED) is 0.390. The molecule has 10 nitrogen and oxygen atoms in total. The standard InChI is InChI=1S/C20H24N4O6S/c1-12-7-5-6-8-14(12)30-10-13(25)9-24-16-17(21-19(24)31-11-15(26)29-4)22(2)20(28)23(3)18(16)27/h5-8,13,25H,9-11H2,1-4H3/t13-/m1/s1. The molecule has 0 spiro atoms. The molecular formula is C20H24N4O6S. The first-order valence-corrected chi connectivity index (χ1v) is 10.5. The number of carbonyl (C=O) groups excluding carboxylic acids is 1. The van der Waals surface area contributed by atoms with Crippen LogP contribution in [0.3, 0.4) is 0 Å². The summed E-state index contributed by atoms with van der Waals surface area (Å²) in [5, 5.41) is 10.9. The summed E-state index contributed by atoms with van der Waals surface area (Å²) in [5.41, 5.74) is 0.206. The zero-order chi connectivity index (χ0) is 22.7. The number of imidazole rings is 1. The number of aryl methyl sites for hydroxylation is 2. The summed E-state index contributed by atoms with van der Waals surface area (Å²) < 4.78 is 14.1. The fourth-order valence-electron chi connectivity index (χ4n) is 3.06. The summed E-state index contributed by atoms with van der Waals surface area (Å²) in [6, 6.07) is 7.43. The van der Waals surface area contributed by atoms with E-state index in [1.54, 1.807) is 6.07 Å². The van der Waals surface area contributed by atoms with Gasteiger partial charge in [-0.3, -0.25) is 18.7 Å². The molecule has 2 heterocycles. The first kappa shape index (κ1) is 22.6. The van der Waals surface area contributed by atoms with Crippen LogP contribution in [0.2, 0.25) is 0 Å². The number of fused-ring (bicyclic) bond motifs is 1. The number of para-hydroxylation sites is 1. The van der Waals surface area contributed by atoms with Gasteiger partial charge in [0.1, 0.15) is 18.5 Å². The number of aromatic nitrogens is 4. The van der Waals surface area contributed by atoms with Crippen molar-refractivity contribution in [3.63, 3.8) is 0 Å². The molecule has 0 aliphatic rings. The van der Waals surface area contributed by atoms with E-state index >= 15 is 0 Å². The lowest BCUT2D eigenvalue weighted by molar-refractivity contribution is -0.137. The van der Waals surface area contributed by atoms with E-state index < -0.39 is 23.3 Å². The lowest BCUT2D eigenvalue weighted by Gasteiger charge is -2.16. The van der Waals surface area contributed by atoms with Crippen LogP contribution in [-0.4, -0.2) is 55.3 Å². The number of methoxy groups -OCH3 is 1. The molecule has 0 amide bonds. The lowest BCUT2D eigenvalue weighted by Crippen LogP contribution is -2.38. The Hall–Kier alpha value is -3.05. The summed E-state index contributed by atoms with van der Waals surface area (Å²) in [4.78, 5) is 41.1. The van der Waals surface area contributed by atoms with E-state index in [0.29, 0.717) is 10.9 Å². The second kappa shape index (κ2) is 9.40. The molecule has 31 heavy (non-hydrogen) atoms. The Bertz CT molecular complexity index is 1230. The number of rotatable bonds is 8. The van der Waals surface area contributed by atoms with E-state index in [4.69, 9.17) is 4.74 Å². The van der Waals surface area contributed by atoms with Gasteiger partial charge in [0.25, 0.3) is 5.56 Å². The van der Waals surface area contributed by atoms with E-state index in [-0.39, 0.29) is 30.1 Å². The van der Waals surface area contributed by atoms with Gasteiger partial charge in [0.2, 0.25) is 0 Å². The normalized spacial score (nSPS) is 12.2. The van der Waals surface area contributed by atoms with Gasteiger partial charge in [0.05, 0.1) is 19.4 Å². The van der Waals surface area contributed by atoms with Gasteiger partial charge in [-0.15, -0.1) is 0 Å². The van der Waals surface area contributed by atoms with Gasteiger partial charge in [-0.2, -0.15) is 0 Å². The van der Waals surface area contributed by atoms with Crippen molar-refractivity contribution >= 4 is 28.9 Å². The Kier molecular flexibility index (Phi) is 6.86. The summed E-state index contributed by atoms with van der Waals surface area (Å²) in [6.45, 7) is 1.87. The first-order valence-electron chi connectivity index (χ1n) is 9.47. The molecule has 0 aliphatic carbocycles. The Morgan fingerprint density at radius 1 is 1.23 bits per heavy atom. The Morgan fingerprint density at radius 3 is 2.61 bits per heavy atom. The van der Waals surface area contributed by atoms with Crippen LogP contribution in [0.15, 0.2) is 39.0 Å². The molecule has 1 atom stereocenters. The van der Waals surface area contributed by atoms with E-state index in [1.165, 1.54) is 30.3 Å². The number of aliphatic hydroxyl groups excluding tert-OH is 1. The molecule has 0 radical (unpaired) electrons. The third kappa shape index (κ3) is 4.67. The molecule has 0 fully saturated rings. The van der Waals surface area contributed by atoms with Crippen LogP contribution in [0.25, 0.3) is 11.2 Å². The highest BCUT2D eigenvalue weighted by Gasteiger charge is 2.22. The van der Waals surface area contributed by atoms with Crippen LogP contribution >= 0.6 is 11.8 Å². The molecule has 3 rings (SSSR count). The van der Waals surface area contributed by atoms with Crippen molar-refractivity contribution in [2.24, 2.45) is 14.1 Å².